The van der Waals surface area contributed by atoms with Gasteiger partial charge in [-0.1, -0.05) is 18.2 Å². The Hall–Kier alpha value is -3.27. The smallest absolute Gasteiger partial charge is 0.258 e. The highest BCUT2D eigenvalue weighted by Crippen LogP contribution is 2.26. The molecule has 0 spiro atoms. The third-order valence-corrected chi connectivity index (χ3v) is 5.63. The van der Waals surface area contributed by atoms with Crippen molar-refractivity contribution in [2.24, 2.45) is 0 Å². The maximum atomic E-state index is 12.7. The Bertz CT molecular complexity index is 1160. The van der Waals surface area contributed by atoms with E-state index in [2.05, 4.69) is 26.6 Å². The topological polar surface area (TPSA) is 79.9 Å². The van der Waals surface area contributed by atoms with Crippen molar-refractivity contribution < 1.29 is 19.1 Å². The molecule has 3 aromatic carbocycles. The minimum absolute atomic E-state index is 0.131. The number of rotatable bonds is 8. The summed E-state index contributed by atoms with van der Waals surface area (Å²) < 4.78 is 11.2. The molecule has 0 heterocycles. The molecule has 2 amide bonds. The Morgan fingerprint density at radius 3 is 2.29 bits per heavy atom. The van der Waals surface area contributed by atoms with Crippen molar-refractivity contribution in [3.8, 4) is 5.75 Å². The van der Waals surface area contributed by atoms with Crippen LogP contribution in [0.25, 0.3) is 0 Å². The first-order valence-electron chi connectivity index (χ1n) is 10.4. The fraction of sp³-hybridized carbons (Fsp3) is 0.160. The third kappa shape index (κ3) is 6.86. The summed E-state index contributed by atoms with van der Waals surface area (Å²) >= 11 is 8.67. The van der Waals surface area contributed by atoms with Gasteiger partial charge in [-0.2, -0.15) is 0 Å². The van der Waals surface area contributed by atoms with Crippen molar-refractivity contribution in [3.05, 3.63) is 88.4 Å². The van der Waals surface area contributed by atoms with Crippen LogP contribution in [0.15, 0.2) is 77.3 Å². The number of carbonyl (C=O) groups is 2. The number of ether oxygens (including phenoxy) is 2. The summed E-state index contributed by atoms with van der Waals surface area (Å²) in [5.41, 5.74) is 2.40. The van der Waals surface area contributed by atoms with Gasteiger partial charge in [-0.3, -0.25) is 14.9 Å². The van der Waals surface area contributed by atoms with Crippen LogP contribution < -0.4 is 20.3 Å². The number of carbonyl (C=O) groups excluding carboxylic acids is 2. The summed E-state index contributed by atoms with van der Waals surface area (Å²) in [5, 5.41) is 5.74. The van der Waals surface area contributed by atoms with Gasteiger partial charge in [0.25, 0.3) is 11.8 Å². The molecule has 0 bridgehead atoms. The van der Waals surface area contributed by atoms with Crippen molar-refractivity contribution >= 4 is 56.4 Å². The predicted molar refractivity (Wildman–Crippen MR) is 141 cm³/mol. The van der Waals surface area contributed by atoms with Gasteiger partial charge in [0, 0.05) is 36.7 Å². The fourth-order valence-corrected chi connectivity index (χ4v) is 3.69. The number of nitrogens with one attached hydrogen (secondary N) is 2. The molecule has 7 nitrogen and oxygen atoms in total. The Labute approximate surface area is 212 Å². The van der Waals surface area contributed by atoms with E-state index in [1.807, 2.05) is 30.3 Å². The van der Waals surface area contributed by atoms with E-state index in [4.69, 9.17) is 21.7 Å². The average Bonchev–Trinajstić information content (AvgIpc) is 2.85. The maximum Gasteiger partial charge on any atom is 0.258 e. The molecule has 0 fully saturated rings. The lowest BCUT2D eigenvalue weighted by Gasteiger charge is -2.17. The summed E-state index contributed by atoms with van der Waals surface area (Å²) in [5.74, 6) is 0.119. The van der Waals surface area contributed by atoms with Gasteiger partial charge in [-0.05, 0) is 82.7 Å². The van der Waals surface area contributed by atoms with E-state index in [0.29, 0.717) is 40.3 Å². The van der Waals surface area contributed by atoms with Crippen LogP contribution in [0.2, 0.25) is 0 Å². The lowest BCUT2D eigenvalue weighted by molar-refractivity contribution is 0.0974. The predicted octanol–water partition coefficient (Wildman–Crippen LogP) is 4.88. The Morgan fingerprint density at radius 2 is 1.65 bits per heavy atom. The average molecular weight is 542 g/mol. The van der Waals surface area contributed by atoms with E-state index in [1.54, 1.807) is 61.5 Å². The van der Waals surface area contributed by atoms with Gasteiger partial charge in [-0.25, -0.2) is 0 Å². The van der Waals surface area contributed by atoms with Gasteiger partial charge in [0.15, 0.2) is 5.11 Å². The van der Waals surface area contributed by atoms with Crippen LogP contribution >= 0.6 is 28.1 Å². The van der Waals surface area contributed by atoms with E-state index in [-0.39, 0.29) is 16.9 Å². The number of halogens is 1. The van der Waals surface area contributed by atoms with Crippen LogP contribution in [0.5, 0.6) is 5.75 Å². The summed E-state index contributed by atoms with van der Waals surface area (Å²) in [6.45, 7) is 0.870. The highest BCUT2D eigenvalue weighted by Gasteiger charge is 2.14. The molecular weight excluding hydrogens is 518 g/mol. The Kier molecular flexibility index (Phi) is 9.15. The number of benzene rings is 3. The standard InChI is InChI=1S/C25H24BrN3O4S/c1-29(20-6-4-3-5-7-20)24(31)17-8-11-19(12-9-17)27-25(34)28-23(30)18-10-13-22(21(26)16-18)33-15-14-32-2/h3-13,16H,14-15H2,1-2H3,(H2,27,28,30,34). The zero-order chi connectivity index (χ0) is 24.5. The summed E-state index contributed by atoms with van der Waals surface area (Å²) in [6.07, 6.45) is 0. The van der Waals surface area contributed by atoms with Crippen LogP contribution in [0.1, 0.15) is 20.7 Å². The minimum atomic E-state index is -0.363. The number of amides is 2. The first kappa shape index (κ1) is 25.4. The van der Waals surface area contributed by atoms with E-state index >= 15 is 0 Å². The number of nitrogens with zero attached hydrogens (tertiary/aromatic N) is 1. The molecule has 176 valence electrons. The number of hydrogen-bond donors (Lipinski definition) is 2. The molecular formula is C25H24BrN3O4S. The van der Waals surface area contributed by atoms with Crippen molar-refractivity contribution in [1.82, 2.24) is 5.32 Å². The second-order valence-electron chi connectivity index (χ2n) is 7.17. The van der Waals surface area contributed by atoms with E-state index in [0.717, 1.165) is 5.69 Å². The highest BCUT2D eigenvalue weighted by atomic mass is 79.9. The Balaban J connectivity index is 1.56. The molecule has 0 aliphatic heterocycles. The van der Waals surface area contributed by atoms with Gasteiger partial charge >= 0.3 is 0 Å². The normalized spacial score (nSPS) is 10.3. The molecule has 0 unspecified atom stereocenters. The van der Waals surface area contributed by atoms with Crippen LogP contribution in [-0.2, 0) is 4.74 Å². The second kappa shape index (κ2) is 12.3. The quantitative estimate of drug-likeness (QED) is 0.312. The van der Waals surface area contributed by atoms with Crippen molar-refractivity contribution in [2.45, 2.75) is 0 Å². The number of thiocarbonyl (C=S) groups is 1. The van der Waals surface area contributed by atoms with E-state index < -0.39 is 0 Å². The molecule has 0 atom stereocenters. The molecule has 0 aromatic heterocycles. The molecule has 3 rings (SSSR count). The molecule has 3 aromatic rings. The Morgan fingerprint density at radius 1 is 0.971 bits per heavy atom. The molecule has 2 N–H and O–H groups in total. The number of anilines is 2. The minimum Gasteiger partial charge on any atom is -0.490 e. The lowest BCUT2D eigenvalue weighted by atomic mass is 10.1. The van der Waals surface area contributed by atoms with Gasteiger partial charge in [0.05, 0.1) is 11.1 Å². The van der Waals surface area contributed by atoms with Gasteiger partial charge in [0.1, 0.15) is 12.4 Å². The SMILES string of the molecule is COCCOc1ccc(C(=O)NC(=S)Nc2ccc(C(=O)N(C)c3ccccc3)cc2)cc1Br. The largest absolute Gasteiger partial charge is 0.490 e. The van der Waals surface area contributed by atoms with Crippen LogP contribution in [0.4, 0.5) is 11.4 Å². The van der Waals surface area contributed by atoms with Crippen molar-refractivity contribution in [3.63, 3.8) is 0 Å². The zero-order valence-electron chi connectivity index (χ0n) is 18.7. The van der Waals surface area contributed by atoms with Gasteiger partial charge in [-0.15, -0.1) is 0 Å². The summed E-state index contributed by atoms with van der Waals surface area (Å²) in [6, 6.07) is 21.3. The first-order chi connectivity index (χ1) is 16.4. The molecule has 0 aliphatic rings. The zero-order valence-corrected chi connectivity index (χ0v) is 21.1. The number of para-hydroxylation sites is 1. The number of methoxy groups -OCH3 is 1. The number of hydrogen-bond acceptors (Lipinski definition) is 5. The van der Waals surface area contributed by atoms with Crippen LogP contribution in [-0.4, -0.2) is 44.3 Å². The molecule has 0 radical (unpaired) electrons. The summed E-state index contributed by atoms with van der Waals surface area (Å²) in [4.78, 5) is 26.8. The monoisotopic (exact) mass is 541 g/mol. The highest BCUT2D eigenvalue weighted by molar-refractivity contribution is 9.10. The summed E-state index contributed by atoms with van der Waals surface area (Å²) in [7, 11) is 3.33. The maximum absolute atomic E-state index is 12.7. The second-order valence-corrected chi connectivity index (χ2v) is 8.43. The van der Waals surface area contributed by atoms with E-state index in [1.165, 1.54) is 0 Å². The van der Waals surface area contributed by atoms with Crippen LogP contribution in [0, 0.1) is 0 Å². The molecule has 0 saturated carbocycles. The van der Waals surface area contributed by atoms with Crippen LogP contribution in [0.3, 0.4) is 0 Å². The molecule has 0 aliphatic carbocycles. The van der Waals surface area contributed by atoms with Gasteiger partial charge in [0.2, 0.25) is 0 Å². The first-order valence-corrected chi connectivity index (χ1v) is 11.6. The third-order valence-electron chi connectivity index (χ3n) is 4.80. The van der Waals surface area contributed by atoms with Crippen molar-refractivity contribution in [1.29, 1.82) is 0 Å². The fourth-order valence-electron chi connectivity index (χ4n) is 2.99. The lowest BCUT2D eigenvalue weighted by Crippen LogP contribution is -2.34. The molecule has 34 heavy (non-hydrogen) atoms. The molecule has 0 saturated heterocycles. The van der Waals surface area contributed by atoms with E-state index in [9.17, 15) is 9.59 Å². The molecule has 9 heteroatoms. The van der Waals surface area contributed by atoms with Gasteiger partial charge < -0.3 is 19.7 Å². The van der Waals surface area contributed by atoms with Crippen molar-refractivity contribution in [2.75, 3.05) is 37.6 Å².